The van der Waals surface area contributed by atoms with Crippen LogP contribution >= 0.6 is 0 Å². The van der Waals surface area contributed by atoms with Crippen LogP contribution in [-0.4, -0.2) is 14.5 Å². The third kappa shape index (κ3) is 3.50. The quantitative estimate of drug-likeness (QED) is 0.368. The molecule has 5 rings (SSSR count). The number of nitrogens with zero attached hydrogens (tertiary/aromatic N) is 3. The number of hydrogen-bond donors (Lipinski definition) is 0. The van der Waals surface area contributed by atoms with E-state index in [2.05, 4.69) is 88.4 Å². The molecule has 0 fully saturated rings. The second-order valence-electron chi connectivity index (χ2n) is 7.69. The number of pyridine rings is 2. The van der Waals surface area contributed by atoms with Gasteiger partial charge < -0.3 is 4.57 Å². The Morgan fingerprint density at radius 1 is 0.800 bits per heavy atom. The molecule has 3 nitrogen and oxygen atoms in total. The molecule has 0 aliphatic carbocycles. The maximum Gasteiger partial charge on any atom is 0.0478 e. The van der Waals surface area contributed by atoms with Gasteiger partial charge in [-0.3, -0.25) is 9.97 Å². The number of fused-ring (bicyclic) bond motifs is 1. The Labute approximate surface area is 176 Å². The van der Waals surface area contributed by atoms with Crippen LogP contribution in [0.25, 0.3) is 22.0 Å². The fourth-order valence-corrected chi connectivity index (χ4v) is 4.24. The smallest absolute Gasteiger partial charge is 0.0478 e. The molecule has 0 spiro atoms. The molecule has 3 heterocycles. The minimum atomic E-state index is 0.203. The van der Waals surface area contributed by atoms with Gasteiger partial charge in [-0.1, -0.05) is 42.5 Å². The Kier molecular flexibility index (Phi) is 4.86. The number of aromatic nitrogens is 3. The monoisotopic (exact) mass is 389 g/mol. The van der Waals surface area contributed by atoms with Crippen LogP contribution in [0, 0.1) is 0 Å². The van der Waals surface area contributed by atoms with Crippen molar-refractivity contribution in [2.45, 2.75) is 12.3 Å². The largest absolute Gasteiger partial charge is 0.351 e. The Morgan fingerprint density at radius 2 is 1.53 bits per heavy atom. The molecule has 0 saturated heterocycles. The summed E-state index contributed by atoms with van der Waals surface area (Å²) in [5.74, 6) is 0.203. The van der Waals surface area contributed by atoms with Crippen LogP contribution in [-0.2, 0) is 13.5 Å². The van der Waals surface area contributed by atoms with E-state index < -0.39 is 0 Å². The minimum absolute atomic E-state index is 0.203. The molecule has 146 valence electrons. The molecule has 2 aromatic carbocycles. The van der Waals surface area contributed by atoms with Crippen LogP contribution < -0.4 is 0 Å². The Bertz CT molecular complexity index is 1230. The highest BCUT2D eigenvalue weighted by molar-refractivity contribution is 5.86. The van der Waals surface area contributed by atoms with E-state index in [4.69, 9.17) is 0 Å². The van der Waals surface area contributed by atoms with Crippen LogP contribution in [0.1, 0.15) is 22.6 Å². The van der Waals surface area contributed by atoms with Gasteiger partial charge in [0, 0.05) is 54.9 Å². The summed E-state index contributed by atoms with van der Waals surface area (Å²) in [5, 5.41) is 1.26. The third-order valence-corrected chi connectivity index (χ3v) is 5.81. The van der Waals surface area contributed by atoms with Gasteiger partial charge >= 0.3 is 0 Å². The lowest BCUT2D eigenvalue weighted by Gasteiger charge is -2.20. The van der Waals surface area contributed by atoms with Gasteiger partial charge in [0.2, 0.25) is 0 Å². The third-order valence-electron chi connectivity index (χ3n) is 5.81. The number of benzene rings is 2. The maximum absolute atomic E-state index is 4.37. The zero-order valence-corrected chi connectivity index (χ0v) is 16.9. The second-order valence-corrected chi connectivity index (χ2v) is 7.69. The maximum atomic E-state index is 4.37. The number of hydrogen-bond acceptors (Lipinski definition) is 2. The molecule has 3 aromatic heterocycles. The Balaban J connectivity index is 1.58. The van der Waals surface area contributed by atoms with Crippen molar-refractivity contribution in [2.75, 3.05) is 0 Å². The average Bonchev–Trinajstić information content (AvgIpc) is 3.19. The lowest BCUT2D eigenvalue weighted by molar-refractivity contribution is 0.795. The van der Waals surface area contributed by atoms with Crippen molar-refractivity contribution in [3.05, 3.63) is 120 Å². The molecule has 0 atom stereocenters. The minimum Gasteiger partial charge on any atom is -0.351 e. The molecule has 0 saturated carbocycles. The summed E-state index contributed by atoms with van der Waals surface area (Å²) < 4.78 is 2.16. The van der Waals surface area contributed by atoms with Crippen molar-refractivity contribution in [3.63, 3.8) is 0 Å². The standard InChI is InChI=1S/C27H23N3/c1-30-15-12-22-16-21(10-11-27(22)30)25-9-3-2-6-20(25)17-26(23-7-4-13-28-18-23)24-8-5-14-29-19-24/h2-16,18-19,26H,17H2,1H3. The lowest BCUT2D eigenvalue weighted by Crippen LogP contribution is -2.07. The van der Waals surface area contributed by atoms with E-state index in [0.29, 0.717) is 0 Å². The van der Waals surface area contributed by atoms with Crippen molar-refractivity contribution in [1.82, 2.24) is 14.5 Å². The van der Waals surface area contributed by atoms with E-state index in [1.54, 1.807) is 0 Å². The van der Waals surface area contributed by atoms with E-state index in [1.807, 2.05) is 36.9 Å². The van der Waals surface area contributed by atoms with Crippen LogP contribution in [0.4, 0.5) is 0 Å². The summed E-state index contributed by atoms with van der Waals surface area (Å²) in [5.41, 5.74) is 7.52. The fraction of sp³-hybridized carbons (Fsp3) is 0.111. The molecule has 0 unspecified atom stereocenters. The van der Waals surface area contributed by atoms with Crippen LogP contribution in [0.15, 0.2) is 104 Å². The van der Waals surface area contributed by atoms with Crippen molar-refractivity contribution in [2.24, 2.45) is 7.05 Å². The molecule has 0 N–H and O–H groups in total. The van der Waals surface area contributed by atoms with Gasteiger partial charge in [-0.2, -0.15) is 0 Å². The highest BCUT2D eigenvalue weighted by atomic mass is 14.9. The molecule has 3 heteroatoms. The zero-order chi connectivity index (χ0) is 20.3. The van der Waals surface area contributed by atoms with Gasteiger partial charge in [0.15, 0.2) is 0 Å². The van der Waals surface area contributed by atoms with Crippen molar-refractivity contribution in [1.29, 1.82) is 0 Å². The van der Waals surface area contributed by atoms with Gasteiger partial charge in [0.1, 0.15) is 0 Å². The van der Waals surface area contributed by atoms with E-state index in [-0.39, 0.29) is 5.92 Å². The van der Waals surface area contributed by atoms with Gasteiger partial charge in [-0.15, -0.1) is 0 Å². The summed E-state index contributed by atoms with van der Waals surface area (Å²) in [7, 11) is 2.09. The average molecular weight is 390 g/mol. The molecule has 0 bridgehead atoms. The van der Waals surface area contributed by atoms with Gasteiger partial charge in [-0.25, -0.2) is 0 Å². The molecular weight excluding hydrogens is 366 g/mol. The molecule has 5 aromatic rings. The predicted molar refractivity (Wildman–Crippen MR) is 122 cm³/mol. The summed E-state index contributed by atoms with van der Waals surface area (Å²) in [6.45, 7) is 0. The van der Waals surface area contributed by atoms with Gasteiger partial charge in [-0.05, 0) is 64.6 Å². The molecular formula is C27H23N3. The summed E-state index contributed by atoms with van der Waals surface area (Å²) >= 11 is 0. The summed E-state index contributed by atoms with van der Waals surface area (Å²) in [6.07, 6.45) is 10.6. The van der Waals surface area contributed by atoms with Crippen molar-refractivity contribution < 1.29 is 0 Å². The number of aryl methyl sites for hydroxylation is 1. The van der Waals surface area contributed by atoms with E-state index in [1.165, 1.54) is 38.7 Å². The predicted octanol–water partition coefficient (Wildman–Crippen LogP) is 6.01. The topological polar surface area (TPSA) is 30.7 Å². The van der Waals surface area contributed by atoms with Crippen molar-refractivity contribution in [3.8, 4) is 11.1 Å². The SMILES string of the molecule is Cn1ccc2cc(-c3ccccc3CC(c3cccnc3)c3cccnc3)ccc21. The van der Waals surface area contributed by atoms with Crippen LogP contribution in [0.2, 0.25) is 0 Å². The van der Waals surface area contributed by atoms with Crippen LogP contribution in [0.5, 0.6) is 0 Å². The first-order valence-electron chi connectivity index (χ1n) is 10.2. The Morgan fingerprint density at radius 3 is 2.23 bits per heavy atom. The normalized spacial score (nSPS) is 11.3. The van der Waals surface area contributed by atoms with Gasteiger partial charge in [0.25, 0.3) is 0 Å². The molecule has 0 aliphatic heterocycles. The van der Waals surface area contributed by atoms with Crippen molar-refractivity contribution >= 4 is 10.9 Å². The first kappa shape index (κ1) is 18.3. The molecule has 30 heavy (non-hydrogen) atoms. The van der Waals surface area contributed by atoms with E-state index in [9.17, 15) is 0 Å². The molecule has 0 amide bonds. The highest BCUT2D eigenvalue weighted by Gasteiger charge is 2.18. The fourth-order valence-electron chi connectivity index (χ4n) is 4.24. The highest BCUT2D eigenvalue weighted by Crippen LogP contribution is 2.33. The lowest BCUT2D eigenvalue weighted by atomic mass is 9.85. The second kappa shape index (κ2) is 7.96. The first-order chi connectivity index (χ1) is 14.8. The summed E-state index contributed by atoms with van der Waals surface area (Å²) in [6, 6.07) is 25.9. The van der Waals surface area contributed by atoms with Crippen LogP contribution in [0.3, 0.4) is 0 Å². The number of rotatable bonds is 5. The Hall–Kier alpha value is -3.72. The van der Waals surface area contributed by atoms with E-state index in [0.717, 1.165) is 6.42 Å². The molecule has 0 radical (unpaired) electrons. The van der Waals surface area contributed by atoms with Gasteiger partial charge in [0.05, 0.1) is 0 Å². The summed E-state index contributed by atoms with van der Waals surface area (Å²) in [4.78, 5) is 8.73. The first-order valence-corrected chi connectivity index (χ1v) is 10.2. The zero-order valence-electron chi connectivity index (χ0n) is 16.9. The molecule has 0 aliphatic rings. The van der Waals surface area contributed by atoms with E-state index >= 15 is 0 Å².